The van der Waals surface area contributed by atoms with Crippen molar-refractivity contribution in [2.45, 2.75) is 45.1 Å². The quantitative estimate of drug-likeness (QED) is 0.271. The molecule has 1 heterocycles. The lowest BCUT2D eigenvalue weighted by atomic mass is 10.0. The summed E-state index contributed by atoms with van der Waals surface area (Å²) < 4.78 is 10.7. The number of fused-ring (bicyclic) bond motifs is 1. The molecule has 5 nitrogen and oxygen atoms in total. The Morgan fingerprint density at radius 3 is 2.48 bits per heavy atom. The van der Waals surface area contributed by atoms with Crippen LogP contribution in [0.1, 0.15) is 49.4 Å². The minimum absolute atomic E-state index is 0.0464. The van der Waals surface area contributed by atoms with Gasteiger partial charge in [-0.25, -0.2) is 4.98 Å². The van der Waals surface area contributed by atoms with Crippen molar-refractivity contribution in [3.05, 3.63) is 59.1 Å². The van der Waals surface area contributed by atoms with Crippen LogP contribution in [0.25, 0.3) is 10.9 Å². The van der Waals surface area contributed by atoms with Crippen LogP contribution in [0.15, 0.2) is 48.5 Å². The van der Waals surface area contributed by atoms with Crippen molar-refractivity contribution in [3.63, 3.8) is 0 Å². The number of hydrogen-bond donors (Lipinski definition) is 1. The summed E-state index contributed by atoms with van der Waals surface area (Å²) in [5.41, 5.74) is 1.44. The number of unbranched alkanes of at least 4 members (excludes halogenated alkanes) is 1. The minimum atomic E-state index is 0.0464. The Morgan fingerprint density at radius 2 is 1.81 bits per heavy atom. The Kier molecular flexibility index (Phi) is 8.13. The topological polar surface area (TPSA) is 60.5 Å². The van der Waals surface area contributed by atoms with E-state index in [1.54, 1.807) is 26.4 Å². The van der Waals surface area contributed by atoms with Gasteiger partial charge in [0.25, 0.3) is 0 Å². The predicted octanol–water partition coefficient (Wildman–Crippen LogP) is 6.54. The molecule has 31 heavy (non-hydrogen) atoms. The van der Waals surface area contributed by atoms with Crippen molar-refractivity contribution in [1.29, 1.82) is 0 Å². The molecule has 0 aliphatic heterocycles. The molecule has 0 aliphatic carbocycles. The number of carbonyl (C=O) groups is 1. The fourth-order valence-electron chi connectivity index (χ4n) is 3.69. The molecule has 0 fully saturated rings. The summed E-state index contributed by atoms with van der Waals surface area (Å²) in [7, 11) is 3.14. The van der Waals surface area contributed by atoms with E-state index in [1.165, 1.54) is 0 Å². The maximum atomic E-state index is 12.8. The molecule has 1 N–H and O–H groups in total. The number of aromatic nitrogens is 1. The van der Waals surface area contributed by atoms with Crippen LogP contribution in [0.2, 0.25) is 5.02 Å². The molecule has 3 aromatic rings. The van der Waals surface area contributed by atoms with Crippen LogP contribution in [-0.2, 0) is 0 Å². The normalized spacial score (nSPS) is 11.9. The number of hydrogen-bond acceptors (Lipinski definition) is 5. The van der Waals surface area contributed by atoms with Crippen LogP contribution in [0.4, 0.5) is 5.82 Å². The molecule has 1 atom stereocenters. The van der Waals surface area contributed by atoms with E-state index in [2.05, 4.69) is 17.2 Å². The van der Waals surface area contributed by atoms with E-state index < -0.39 is 0 Å². The Balaban J connectivity index is 1.54. The number of benzene rings is 2. The summed E-state index contributed by atoms with van der Waals surface area (Å²) in [6, 6.07) is 15.4. The summed E-state index contributed by atoms with van der Waals surface area (Å²) >= 11 is 6.05. The van der Waals surface area contributed by atoms with E-state index in [4.69, 9.17) is 21.1 Å². The highest BCUT2D eigenvalue weighted by Gasteiger charge is 2.18. The lowest BCUT2D eigenvalue weighted by molar-refractivity contribution is 0.0973. The molecule has 0 radical (unpaired) electrons. The van der Waals surface area contributed by atoms with Gasteiger partial charge in [0.05, 0.1) is 19.7 Å². The average Bonchev–Trinajstić information content (AvgIpc) is 2.80. The maximum Gasteiger partial charge on any atom is 0.170 e. The van der Waals surface area contributed by atoms with Crippen molar-refractivity contribution in [3.8, 4) is 11.5 Å². The van der Waals surface area contributed by atoms with Crippen molar-refractivity contribution in [1.82, 2.24) is 4.98 Å². The van der Waals surface area contributed by atoms with Crippen LogP contribution in [0, 0.1) is 0 Å². The first kappa shape index (κ1) is 22.9. The first-order chi connectivity index (χ1) is 15.0. The van der Waals surface area contributed by atoms with Gasteiger partial charge < -0.3 is 14.8 Å². The Hall–Kier alpha value is -2.79. The second-order valence-corrected chi connectivity index (χ2v) is 7.93. The maximum absolute atomic E-state index is 12.8. The SMILES string of the molecule is CCC(CCCCC(=O)c1c(OC)cccc1OC)Nc1ccc2cc(Cl)ccc2n1. The molecular formula is C25H29ClN2O3. The monoisotopic (exact) mass is 440 g/mol. The van der Waals surface area contributed by atoms with Gasteiger partial charge in [0.15, 0.2) is 5.78 Å². The number of ketones is 1. The van der Waals surface area contributed by atoms with Gasteiger partial charge in [-0.2, -0.15) is 0 Å². The molecule has 2 aromatic carbocycles. The standard InChI is InChI=1S/C25H29ClN2O3/c1-4-19(27-24-15-12-17-16-18(26)13-14-20(17)28-24)8-5-6-9-21(29)25-22(30-2)10-7-11-23(25)31-3/h7,10-16,19H,4-6,8-9H2,1-3H3,(H,27,28). The summed E-state index contributed by atoms with van der Waals surface area (Å²) in [4.78, 5) is 17.4. The van der Waals surface area contributed by atoms with Gasteiger partial charge in [-0.15, -0.1) is 0 Å². The van der Waals surface area contributed by atoms with E-state index in [0.717, 1.165) is 42.4 Å². The van der Waals surface area contributed by atoms with Crippen LogP contribution in [0.5, 0.6) is 11.5 Å². The summed E-state index contributed by atoms with van der Waals surface area (Å²) in [5, 5.41) is 5.26. The van der Waals surface area contributed by atoms with Gasteiger partial charge in [0, 0.05) is 22.9 Å². The number of halogens is 1. The number of anilines is 1. The second kappa shape index (κ2) is 11.0. The molecule has 0 saturated carbocycles. The lowest BCUT2D eigenvalue weighted by Crippen LogP contribution is -2.19. The molecule has 0 aliphatic rings. The van der Waals surface area contributed by atoms with Crippen LogP contribution in [-0.4, -0.2) is 31.0 Å². The van der Waals surface area contributed by atoms with Gasteiger partial charge in [0.1, 0.15) is 22.9 Å². The average molecular weight is 441 g/mol. The Bertz CT molecular complexity index is 1020. The van der Waals surface area contributed by atoms with Crippen molar-refractivity contribution < 1.29 is 14.3 Å². The highest BCUT2D eigenvalue weighted by molar-refractivity contribution is 6.31. The molecule has 1 unspecified atom stereocenters. The molecular weight excluding hydrogens is 412 g/mol. The molecule has 0 amide bonds. The lowest BCUT2D eigenvalue weighted by Gasteiger charge is -2.18. The van der Waals surface area contributed by atoms with Crippen LogP contribution >= 0.6 is 11.6 Å². The van der Waals surface area contributed by atoms with Crippen LogP contribution < -0.4 is 14.8 Å². The van der Waals surface area contributed by atoms with E-state index in [-0.39, 0.29) is 5.78 Å². The van der Waals surface area contributed by atoms with E-state index in [1.807, 2.05) is 36.4 Å². The third-order valence-electron chi connectivity index (χ3n) is 5.41. The first-order valence-corrected chi connectivity index (χ1v) is 11.0. The molecule has 0 bridgehead atoms. The van der Waals surface area contributed by atoms with Crippen molar-refractivity contribution in [2.24, 2.45) is 0 Å². The third kappa shape index (κ3) is 5.88. The number of nitrogens with one attached hydrogen (secondary N) is 1. The number of carbonyl (C=O) groups excluding carboxylic acids is 1. The highest BCUT2D eigenvalue weighted by Crippen LogP contribution is 2.30. The zero-order valence-electron chi connectivity index (χ0n) is 18.3. The first-order valence-electron chi connectivity index (χ1n) is 10.6. The molecule has 0 spiro atoms. The number of methoxy groups -OCH3 is 2. The molecule has 6 heteroatoms. The van der Waals surface area contributed by atoms with E-state index in [0.29, 0.717) is 34.5 Å². The van der Waals surface area contributed by atoms with Crippen LogP contribution in [0.3, 0.4) is 0 Å². The second-order valence-electron chi connectivity index (χ2n) is 7.49. The van der Waals surface area contributed by atoms with E-state index in [9.17, 15) is 4.79 Å². The molecule has 164 valence electrons. The molecule has 3 rings (SSSR count). The molecule has 1 aromatic heterocycles. The zero-order chi connectivity index (χ0) is 22.2. The van der Waals surface area contributed by atoms with Gasteiger partial charge in [0.2, 0.25) is 0 Å². The number of Topliss-reactive ketones (excluding diaryl/α,β-unsaturated/α-hetero) is 1. The molecule has 0 saturated heterocycles. The minimum Gasteiger partial charge on any atom is -0.496 e. The van der Waals surface area contributed by atoms with Gasteiger partial charge in [-0.05, 0) is 61.7 Å². The number of pyridine rings is 1. The number of nitrogens with zero attached hydrogens (tertiary/aromatic N) is 1. The van der Waals surface area contributed by atoms with Gasteiger partial charge >= 0.3 is 0 Å². The summed E-state index contributed by atoms with van der Waals surface area (Å²) in [6.07, 6.45) is 4.16. The fourth-order valence-corrected chi connectivity index (χ4v) is 3.87. The summed E-state index contributed by atoms with van der Waals surface area (Å²) in [5.74, 6) is 2.02. The third-order valence-corrected chi connectivity index (χ3v) is 5.64. The summed E-state index contributed by atoms with van der Waals surface area (Å²) in [6.45, 7) is 2.16. The number of rotatable bonds is 11. The Labute approximate surface area is 188 Å². The fraction of sp³-hybridized carbons (Fsp3) is 0.360. The Morgan fingerprint density at radius 1 is 1.06 bits per heavy atom. The highest BCUT2D eigenvalue weighted by atomic mass is 35.5. The largest absolute Gasteiger partial charge is 0.496 e. The van der Waals surface area contributed by atoms with Gasteiger partial charge in [-0.3, -0.25) is 4.79 Å². The smallest absolute Gasteiger partial charge is 0.170 e. The predicted molar refractivity (Wildman–Crippen MR) is 127 cm³/mol. The van der Waals surface area contributed by atoms with Gasteiger partial charge in [-0.1, -0.05) is 31.0 Å². The van der Waals surface area contributed by atoms with E-state index >= 15 is 0 Å². The number of ether oxygens (including phenoxy) is 2. The van der Waals surface area contributed by atoms with Crippen molar-refractivity contribution in [2.75, 3.05) is 19.5 Å². The zero-order valence-corrected chi connectivity index (χ0v) is 19.0. The van der Waals surface area contributed by atoms with Crippen molar-refractivity contribution >= 4 is 34.1 Å².